The molecule has 0 bridgehead atoms. The van der Waals surface area contributed by atoms with Gasteiger partial charge in [-0.05, 0) is 6.92 Å². The monoisotopic (exact) mass is 253 g/mol. The Labute approximate surface area is 106 Å². The number of carbonyl (C=O) groups is 1. The highest BCUT2D eigenvalue weighted by molar-refractivity contribution is 5.83. The minimum Gasteiger partial charge on any atom is -0.368 e. The van der Waals surface area contributed by atoms with Crippen molar-refractivity contribution in [2.24, 2.45) is 0 Å². The molecule has 1 amide bonds. The molecule has 1 rings (SSSR count). The van der Waals surface area contributed by atoms with Crippen LogP contribution < -0.4 is 16.0 Å². The molecule has 0 aliphatic rings. The smallest absolute Gasteiger partial charge is 0.244 e. The van der Waals surface area contributed by atoms with Crippen LogP contribution in [0.25, 0.3) is 0 Å². The van der Waals surface area contributed by atoms with Gasteiger partial charge in [0, 0.05) is 28.2 Å². The Morgan fingerprint density at radius 3 is 2.33 bits per heavy atom. The first-order chi connectivity index (χ1) is 8.31. The predicted molar refractivity (Wildman–Crippen MR) is 70.3 cm³/mol. The molecular formula is C10H19N7O. The third-order valence-electron chi connectivity index (χ3n) is 2.20. The van der Waals surface area contributed by atoms with Gasteiger partial charge in [-0.1, -0.05) is 0 Å². The van der Waals surface area contributed by atoms with Crippen LogP contribution >= 0.6 is 0 Å². The number of carbonyl (C=O) groups excluding carboxylic acids is 1. The topological polar surface area (TPSA) is 100 Å². The van der Waals surface area contributed by atoms with Gasteiger partial charge in [-0.25, -0.2) is 0 Å². The van der Waals surface area contributed by atoms with E-state index in [1.807, 2.05) is 0 Å². The highest BCUT2D eigenvalue weighted by atomic mass is 16.2. The summed E-state index contributed by atoms with van der Waals surface area (Å²) in [5.74, 6) is 0.768. The molecule has 1 aromatic heterocycles. The largest absolute Gasteiger partial charge is 0.368 e. The standard InChI is InChI=1S/C10H19N7O/c1-6(7(18)16(2)3)12-9-13-8(11)14-10(15-9)17(4)5/h6H,1-5H3,(H3,11,12,13,14,15). The Morgan fingerprint density at radius 2 is 1.83 bits per heavy atom. The lowest BCUT2D eigenvalue weighted by Crippen LogP contribution is -2.37. The van der Waals surface area contributed by atoms with Crippen molar-refractivity contribution in [3.63, 3.8) is 0 Å². The van der Waals surface area contributed by atoms with Crippen LogP contribution in [-0.4, -0.2) is 60.0 Å². The number of nitrogens with two attached hydrogens (primary N) is 1. The van der Waals surface area contributed by atoms with Crippen molar-refractivity contribution in [2.45, 2.75) is 13.0 Å². The number of hydrogen-bond acceptors (Lipinski definition) is 7. The fourth-order valence-corrected chi connectivity index (χ4v) is 1.29. The second kappa shape index (κ2) is 5.48. The summed E-state index contributed by atoms with van der Waals surface area (Å²) in [4.78, 5) is 27.0. The van der Waals surface area contributed by atoms with E-state index in [9.17, 15) is 4.79 Å². The molecule has 1 heterocycles. The van der Waals surface area contributed by atoms with Crippen LogP contribution in [0.2, 0.25) is 0 Å². The molecule has 8 nitrogen and oxygen atoms in total. The van der Waals surface area contributed by atoms with E-state index in [-0.39, 0.29) is 17.8 Å². The van der Waals surface area contributed by atoms with Gasteiger partial charge in [-0.15, -0.1) is 0 Å². The fourth-order valence-electron chi connectivity index (χ4n) is 1.29. The van der Waals surface area contributed by atoms with Crippen LogP contribution in [0, 0.1) is 0 Å². The molecule has 8 heteroatoms. The Kier molecular flexibility index (Phi) is 4.24. The van der Waals surface area contributed by atoms with E-state index in [2.05, 4.69) is 20.3 Å². The molecule has 0 aliphatic heterocycles. The Bertz CT molecular complexity index is 432. The summed E-state index contributed by atoms with van der Waals surface area (Å²) in [7, 11) is 6.97. The molecule has 1 aromatic rings. The molecule has 100 valence electrons. The summed E-state index contributed by atoms with van der Waals surface area (Å²) in [5, 5.41) is 2.90. The summed E-state index contributed by atoms with van der Waals surface area (Å²) in [6.45, 7) is 1.73. The third-order valence-corrected chi connectivity index (χ3v) is 2.20. The van der Waals surface area contributed by atoms with E-state index in [0.29, 0.717) is 5.95 Å². The van der Waals surface area contributed by atoms with Crippen LogP contribution in [-0.2, 0) is 4.79 Å². The van der Waals surface area contributed by atoms with Crippen molar-refractivity contribution >= 4 is 23.8 Å². The van der Waals surface area contributed by atoms with Gasteiger partial charge in [0.15, 0.2) is 0 Å². The first-order valence-corrected chi connectivity index (χ1v) is 5.48. The molecular weight excluding hydrogens is 234 g/mol. The Hall–Kier alpha value is -2.12. The number of nitrogen functional groups attached to an aromatic ring is 1. The van der Waals surface area contributed by atoms with E-state index in [4.69, 9.17) is 5.73 Å². The maximum absolute atomic E-state index is 11.7. The van der Waals surface area contributed by atoms with Crippen molar-refractivity contribution in [2.75, 3.05) is 44.1 Å². The second-order valence-electron chi connectivity index (χ2n) is 4.31. The number of rotatable bonds is 4. The number of likely N-dealkylation sites (N-methyl/N-ethyl adjacent to an activating group) is 1. The molecule has 0 saturated heterocycles. The van der Waals surface area contributed by atoms with Gasteiger partial charge in [0.05, 0.1) is 0 Å². The van der Waals surface area contributed by atoms with E-state index >= 15 is 0 Å². The molecule has 0 radical (unpaired) electrons. The highest BCUT2D eigenvalue weighted by Crippen LogP contribution is 2.10. The van der Waals surface area contributed by atoms with Crippen LogP contribution in [0.15, 0.2) is 0 Å². The molecule has 0 aromatic carbocycles. The number of amides is 1. The minimum absolute atomic E-state index is 0.0691. The average molecular weight is 253 g/mol. The maximum atomic E-state index is 11.7. The maximum Gasteiger partial charge on any atom is 0.244 e. The van der Waals surface area contributed by atoms with Crippen molar-refractivity contribution in [1.82, 2.24) is 19.9 Å². The molecule has 0 aliphatic carbocycles. The summed E-state index contributed by atoms with van der Waals surface area (Å²) in [6.07, 6.45) is 0. The Morgan fingerprint density at radius 1 is 1.22 bits per heavy atom. The first kappa shape index (κ1) is 13.9. The van der Waals surface area contributed by atoms with E-state index < -0.39 is 6.04 Å². The van der Waals surface area contributed by atoms with Crippen LogP contribution in [0.4, 0.5) is 17.8 Å². The minimum atomic E-state index is -0.434. The van der Waals surface area contributed by atoms with Crippen molar-refractivity contribution in [3.05, 3.63) is 0 Å². The normalized spacial score (nSPS) is 11.8. The number of anilines is 3. The molecule has 0 spiro atoms. The fraction of sp³-hybridized carbons (Fsp3) is 0.600. The quantitative estimate of drug-likeness (QED) is 0.739. The van der Waals surface area contributed by atoms with Gasteiger partial charge in [-0.3, -0.25) is 4.79 Å². The molecule has 3 N–H and O–H groups in total. The average Bonchev–Trinajstić information content (AvgIpc) is 2.26. The predicted octanol–water partition coefficient (Wildman–Crippen LogP) is -0.592. The van der Waals surface area contributed by atoms with Crippen LogP contribution in [0.5, 0.6) is 0 Å². The van der Waals surface area contributed by atoms with Crippen LogP contribution in [0.1, 0.15) is 6.92 Å². The SMILES string of the molecule is CC(Nc1nc(N)nc(N(C)C)n1)C(=O)N(C)C. The lowest BCUT2D eigenvalue weighted by Gasteiger charge is -2.18. The molecule has 0 fully saturated rings. The zero-order valence-electron chi connectivity index (χ0n) is 11.3. The van der Waals surface area contributed by atoms with Gasteiger partial charge in [0.25, 0.3) is 0 Å². The summed E-state index contributed by atoms with van der Waals surface area (Å²) < 4.78 is 0. The van der Waals surface area contributed by atoms with Crippen LogP contribution in [0.3, 0.4) is 0 Å². The summed E-state index contributed by atoms with van der Waals surface area (Å²) >= 11 is 0. The molecule has 1 atom stereocenters. The third kappa shape index (κ3) is 3.44. The number of nitrogens with one attached hydrogen (secondary N) is 1. The lowest BCUT2D eigenvalue weighted by molar-refractivity contribution is -0.129. The number of hydrogen-bond donors (Lipinski definition) is 2. The zero-order chi connectivity index (χ0) is 13.9. The van der Waals surface area contributed by atoms with Crippen molar-refractivity contribution < 1.29 is 4.79 Å². The first-order valence-electron chi connectivity index (χ1n) is 5.48. The van der Waals surface area contributed by atoms with Gasteiger partial charge in [0.1, 0.15) is 6.04 Å². The number of aromatic nitrogens is 3. The van der Waals surface area contributed by atoms with Gasteiger partial charge in [-0.2, -0.15) is 15.0 Å². The zero-order valence-corrected chi connectivity index (χ0v) is 11.3. The van der Waals surface area contributed by atoms with E-state index in [1.54, 1.807) is 40.0 Å². The van der Waals surface area contributed by atoms with Gasteiger partial charge >= 0.3 is 0 Å². The highest BCUT2D eigenvalue weighted by Gasteiger charge is 2.16. The summed E-state index contributed by atoms with van der Waals surface area (Å²) in [5.41, 5.74) is 5.58. The summed E-state index contributed by atoms with van der Waals surface area (Å²) in [6, 6.07) is -0.434. The second-order valence-corrected chi connectivity index (χ2v) is 4.31. The van der Waals surface area contributed by atoms with Gasteiger partial charge in [0.2, 0.25) is 23.8 Å². The van der Waals surface area contributed by atoms with Crippen molar-refractivity contribution in [3.8, 4) is 0 Å². The van der Waals surface area contributed by atoms with E-state index in [1.165, 1.54) is 4.90 Å². The van der Waals surface area contributed by atoms with E-state index in [0.717, 1.165) is 0 Å². The Balaban J connectivity index is 2.87. The van der Waals surface area contributed by atoms with Crippen molar-refractivity contribution in [1.29, 1.82) is 0 Å². The molecule has 1 unspecified atom stereocenters. The number of nitrogens with zero attached hydrogens (tertiary/aromatic N) is 5. The lowest BCUT2D eigenvalue weighted by atomic mass is 10.3. The molecule has 18 heavy (non-hydrogen) atoms. The van der Waals surface area contributed by atoms with Gasteiger partial charge < -0.3 is 20.9 Å². The molecule has 0 saturated carbocycles.